The average molecular weight is 958 g/mol. The lowest BCUT2D eigenvalue weighted by Gasteiger charge is -2.08. The predicted octanol–water partition coefficient (Wildman–Crippen LogP) is 15.3. The number of hydrogen-bond donors (Lipinski definition) is 4. The second-order valence-corrected chi connectivity index (χ2v) is 18.0. The van der Waals surface area contributed by atoms with Gasteiger partial charge in [0.2, 0.25) is 0 Å². The van der Waals surface area contributed by atoms with Gasteiger partial charge in [-0.15, -0.1) is 0 Å². The minimum absolute atomic E-state index is 0. The Balaban J connectivity index is 0.000000122. The SMILES string of the molecule is Brc1ccc2[nH]c3ccccc3c2c1.C.OB(O)c1ccc2c(c1)c1ccccc1n2-c1ccccc1.c1ccc(-n2c3ccccc3c3cc(-c4ccc5[nH]c6ccccc6c5c4)ccc32)cc1. The molecule has 0 spiro atoms. The zero-order chi connectivity index (χ0) is 45.7. The fraction of sp³-hybridized carbons (Fsp3) is 0.0164. The van der Waals surface area contributed by atoms with E-state index in [1.807, 2.05) is 48.5 Å². The summed E-state index contributed by atoms with van der Waals surface area (Å²) in [6, 6.07) is 79.9. The van der Waals surface area contributed by atoms with Crippen LogP contribution in [0.15, 0.2) is 235 Å². The molecule has 10 aromatic carbocycles. The van der Waals surface area contributed by atoms with Crippen LogP contribution >= 0.6 is 15.9 Å². The third-order valence-electron chi connectivity index (χ3n) is 13.0. The first-order valence-corrected chi connectivity index (χ1v) is 23.5. The van der Waals surface area contributed by atoms with Gasteiger partial charge in [-0.25, -0.2) is 0 Å². The lowest BCUT2D eigenvalue weighted by Crippen LogP contribution is -2.29. The minimum atomic E-state index is -1.46. The van der Waals surface area contributed by atoms with Crippen LogP contribution in [0.4, 0.5) is 0 Å². The summed E-state index contributed by atoms with van der Waals surface area (Å²) >= 11 is 3.49. The number of H-pyrrole nitrogens is 2. The number of hydrogen-bond acceptors (Lipinski definition) is 2. The molecule has 4 aromatic heterocycles. The maximum atomic E-state index is 9.43. The van der Waals surface area contributed by atoms with E-state index < -0.39 is 7.12 Å². The van der Waals surface area contributed by atoms with E-state index in [0.29, 0.717) is 5.46 Å². The first kappa shape index (κ1) is 43.4. The van der Waals surface area contributed by atoms with Crippen LogP contribution < -0.4 is 5.46 Å². The average Bonchev–Trinajstić information content (AvgIpc) is 4.14. The minimum Gasteiger partial charge on any atom is -0.423 e. The van der Waals surface area contributed by atoms with Gasteiger partial charge in [0, 0.05) is 81.0 Å². The zero-order valence-electron chi connectivity index (χ0n) is 36.7. The van der Waals surface area contributed by atoms with Crippen molar-refractivity contribution < 1.29 is 10.0 Å². The van der Waals surface area contributed by atoms with Gasteiger partial charge in [-0.1, -0.05) is 157 Å². The lowest BCUT2D eigenvalue weighted by molar-refractivity contribution is 0.426. The molecule has 0 aliphatic carbocycles. The molecule has 8 heteroatoms. The Bertz CT molecular complexity index is 4150. The summed E-state index contributed by atoms with van der Waals surface area (Å²) in [5.74, 6) is 0. The molecule has 4 heterocycles. The molecular formula is C61H46BBrN4O2. The monoisotopic (exact) mass is 956 g/mol. The first-order valence-electron chi connectivity index (χ1n) is 22.7. The zero-order valence-corrected chi connectivity index (χ0v) is 38.3. The van der Waals surface area contributed by atoms with Crippen molar-refractivity contribution in [2.75, 3.05) is 0 Å². The van der Waals surface area contributed by atoms with Crippen LogP contribution in [0.25, 0.3) is 110 Å². The molecule has 14 rings (SSSR count). The van der Waals surface area contributed by atoms with Crippen LogP contribution in [-0.4, -0.2) is 36.3 Å². The maximum absolute atomic E-state index is 9.43. The van der Waals surface area contributed by atoms with E-state index in [0.717, 1.165) is 32.0 Å². The van der Waals surface area contributed by atoms with Gasteiger partial charge in [0.05, 0.1) is 22.1 Å². The smallest absolute Gasteiger partial charge is 0.423 e. The number of para-hydroxylation sites is 6. The van der Waals surface area contributed by atoms with Crippen molar-refractivity contribution in [2.45, 2.75) is 7.43 Å². The number of nitrogens with zero attached hydrogens (tertiary/aromatic N) is 2. The largest absolute Gasteiger partial charge is 0.488 e. The summed E-state index contributed by atoms with van der Waals surface area (Å²) < 4.78 is 5.67. The number of fused-ring (bicyclic) bond motifs is 12. The third kappa shape index (κ3) is 7.84. The van der Waals surface area contributed by atoms with Gasteiger partial charge in [0.15, 0.2) is 0 Å². The van der Waals surface area contributed by atoms with Gasteiger partial charge in [-0.2, -0.15) is 0 Å². The molecule has 0 atom stereocenters. The molecule has 0 fully saturated rings. The molecule has 0 radical (unpaired) electrons. The number of nitrogens with one attached hydrogen (secondary N) is 2. The molecular weight excluding hydrogens is 911 g/mol. The van der Waals surface area contributed by atoms with Crippen molar-refractivity contribution in [1.29, 1.82) is 0 Å². The molecule has 0 aliphatic rings. The van der Waals surface area contributed by atoms with Crippen molar-refractivity contribution in [3.63, 3.8) is 0 Å². The van der Waals surface area contributed by atoms with E-state index in [2.05, 4.69) is 211 Å². The molecule has 0 bridgehead atoms. The molecule has 332 valence electrons. The Morgan fingerprint density at radius 1 is 0.333 bits per heavy atom. The van der Waals surface area contributed by atoms with Crippen LogP contribution in [0.1, 0.15) is 7.43 Å². The Labute approximate surface area is 407 Å². The van der Waals surface area contributed by atoms with Gasteiger partial charge < -0.3 is 29.2 Å². The van der Waals surface area contributed by atoms with Crippen LogP contribution in [0.3, 0.4) is 0 Å². The molecule has 0 saturated heterocycles. The predicted molar refractivity (Wildman–Crippen MR) is 296 cm³/mol. The summed E-state index contributed by atoms with van der Waals surface area (Å²) in [7, 11) is -1.46. The second-order valence-electron chi connectivity index (χ2n) is 17.0. The molecule has 0 amide bonds. The van der Waals surface area contributed by atoms with Crippen molar-refractivity contribution in [1.82, 2.24) is 19.1 Å². The van der Waals surface area contributed by atoms with Crippen LogP contribution in [0, 0.1) is 0 Å². The van der Waals surface area contributed by atoms with E-state index in [-0.39, 0.29) is 7.43 Å². The van der Waals surface area contributed by atoms with Gasteiger partial charge >= 0.3 is 7.12 Å². The number of rotatable bonds is 4. The highest BCUT2D eigenvalue weighted by Gasteiger charge is 2.17. The second kappa shape index (κ2) is 18.2. The number of aromatic nitrogens is 4. The summed E-state index contributed by atoms with van der Waals surface area (Å²) in [6.45, 7) is 0. The number of benzene rings is 10. The molecule has 0 saturated carbocycles. The number of halogens is 1. The lowest BCUT2D eigenvalue weighted by atomic mass is 9.80. The fourth-order valence-electron chi connectivity index (χ4n) is 9.86. The molecule has 0 aliphatic heterocycles. The van der Waals surface area contributed by atoms with Crippen LogP contribution in [0.5, 0.6) is 0 Å². The fourth-order valence-corrected chi connectivity index (χ4v) is 10.2. The Kier molecular flexibility index (Phi) is 11.4. The van der Waals surface area contributed by atoms with Crippen LogP contribution in [0.2, 0.25) is 0 Å². The van der Waals surface area contributed by atoms with Crippen molar-refractivity contribution >= 4 is 116 Å². The molecule has 14 aromatic rings. The summed E-state index contributed by atoms with van der Waals surface area (Å²) in [6.07, 6.45) is 0. The summed E-state index contributed by atoms with van der Waals surface area (Å²) in [5, 5.41) is 28.6. The summed E-state index contributed by atoms with van der Waals surface area (Å²) in [5.41, 5.74) is 14.6. The third-order valence-corrected chi connectivity index (χ3v) is 13.5. The standard InChI is InChI=1S/C30H20N2.C18H14BNO2.C12H8BrN.CH4/c1-2-8-22(9-3-1)32-29-13-7-5-11-24(29)26-19-21(15-17-30(26)32)20-14-16-28-25(18-20)23-10-4-6-12-27(23)31-28;21-19(22)13-10-11-18-16(12-13)15-8-4-5-9-17(15)20(18)14-6-2-1-3-7-14;13-8-5-6-12-10(7-8)9-3-1-2-4-11(9)14-12;/h1-19,31H;1-12,21-22H;1-7,14H;1H4. The Hall–Kier alpha value is -8.14. The van der Waals surface area contributed by atoms with E-state index in [9.17, 15) is 10.0 Å². The van der Waals surface area contributed by atoms with Gasteiger partial charge in [-0.05, 0) is 114 Å². The van der Waals surface area contributed by atoms with E-state index in [4.69, 9.17) is 0 Å². The molecule has 6 nitrogen and oxygen atoms in total. The van der Waals surface area contributed by atoms with Crippen LogP contribution in [-0.2, 0) is 0 Å². The maximum Gasteiger partial charge on any atom is 0.488 e. The van der Waals surface area contributed by atoms with E-state index in [1.54, 1.807) is 6.07 Å². The first-order chi connectivity index (χ1) is 33.5. The van der Waals surface area contributed by atoms with Crippen molar-refractivity contribution in [3.8, 4) is 22.5 Å². The molecule has 69 heavy (non-hydrogen) atoms. The number of aromatic amines is 2. The van der Waals surface area contributed by atoms with Gasteiger partial charge in [0.25, 0.3) is 0 Å². The molecule has 4 N–H and O–H groups in total. The van der Waals surface area contributed by atoms with Crippen molar-refractivity contribution in [3.05, 3.63) is 235 Å². The highest BCUT2D eigenvalue weighted by atomic mass is 79.9. The quantitative estimate of drug-likeness (QED) is 0.133. The van der Waals surface area contributed by atoms with E-state index >= 15 is 0 Å². The molecule has 0 unspecified atom stereocenters. The summed E-state index contributed by atoms with van der Waals surface area (Å²) in [4.78, 5) is 6.91. The van der Waals surface area contributed by atoms with Gasteiger partial charge in [-0.3, -0.25) is 0 Å². The highest BCUT2D eigenvalue weighted by Crippen LogP contribution is 2.37. The Morgan fingerprint density at radius 2 is 0.725 bits per heavy atom. The Morgan fingerprint density at radius 3 is 1.28 bits per heavy atom. The highest BCUT2D eigenvalue weighted by molar-refractivity contribution is 9.10. The normalized spacial score (nSPS) is 11.3. The van der Waals surface area contributed by atoms with Crippen molar-refractivity contribution in [2.24, 2.45) is 0 Å². The topological polar surface area (TPSA) is 81.9 Å². The van der Waals surface area contributed by atoms with E-state index in [1.165, 1.54) is 82.2 Å². The van der Waals surface area contributed by atoms with Gasteiger partial charge in [0.1, 0.15) is 0 Å².